The molecule has 1 aromatic carbocycles. The highest BCUT2D eigenvalue weighted by molar-refractivity contribution is 5.94. The van der Waals surface area contributed by atoms with E-state index in [1.165, 1.54) is 0 Å². The summed E-state index contributed by atoms with van der Waals surface area (Å²) in [4.78, 5) is 15.9. The topological polar surface area (TPSA) is 90.9 Å². The molecule has 0 spiro atoms. The Bertz CT molecular complexity index is 565. The fraction of sp³-hybridized carbons (Fsp3) is 0.308. The van der Waals surface area contributed by atoms with Gasteiger partial charge in [-0.3, -0.25) is 9.89 Å². The van der Waals surface area contributed by atoms with E-state index in [2.05, 4.69) is 20.5 Å². The molecule has 0 aliphatic heterocycles. The zero-order valence-electron chi connectivity index (χ0n) is 10.7. The highest BCUT2D eigenvalue weighted by atomic mass is 16.3. The molecule has 3 N–H and O–H groups in total. The Balaban J connectivity index is 2.19. The van der Waals surface area contributed by atoms with Gasteiger partial charge in [-0.1, -0.05) is 12.1 Å². The van der Waals surface area contributed by atoms with Gasteiger partial charge in [-0.15, -0.1) is 0 Å². The van der Waals surface area contributed by atoms with Crippen LogP contribution >= 0.6 is 0 Å². The van der Waals surface area contributed by atoms with Crippen molar-refractivity contribution in [2.75, 3.05) is 11.9 Å². The first-order chi connectivity index (χ1) is 9.20. The molecule has 0 unspecified atom stereocenters. The maximum atomic E-state index is 11.7. The molecule has 2 aromatic rings. The molecule has 0 aliphatic rings. The molecule has 0 saturated heterocycles. The summed E-state index contributed by atoms with van der Waals surface area (Å²) < 4.78 is 0. The maximum Gasteiger partial charge on any atom is 0.224 e. The van der Waals surface area contributed by atoms with Gasteiger partial charge in [0, 0.05) is 18.6 Å². The number of aromatic amines is 1. The lowest BCUT2D eigenvalue weighted by Gasteiger charge is -2.08. The number of nitrogens with zero attached hydrogens (tertiary/aromatic N) is 2. The van der Waals surface area contributed by atoms with E-state index >= 15 is 0 Å². The van der Waals surface area contributed by atoms with Crippen molar-refractivity contribution in [3.63, 3.8) is 0 Å². The molecule has 19 heavy (non-hydrogen) atoms. The Labute approximate surface area is 110 Å². The lowest BCUT2D eigenvalue weighted by Crippen LogP contribution is -2.12. The van der Waals surface area contributed by atoms with Crippen molar-refractivity contribution in [3.8, 4) is 11.4 Å². The van der Waals surface area contributed by atoms with Crippen LogP contribution in [0, 0.1) is 6.92 Å². The first-order valence-corrected chi connectivity index (χ1v) is 6.10. The number of aliphatic hydroxyl groups excluding tert-OH is 1. The van der Waals surface area contributed by atoms with Crippen molar-refractivity contribution in [2.45, 2.75) is 19.8 Å². The van der Waals surface area contributed by atoms with Crippen LogP contribution in [0.15, 0.2) is 24.3 Å². The molecular weight excluding hydrogens is 244 g/mol. The summed E-state index contributed by atoms with van der Waals surface area (Å²) in [6.45, 7) is 1.83. The van der Waals surface area contributed by atoms with Crippen LogP contribution in [0.2, 0.25) is 0 Å². The summed E-state index contributed by atoms with van der Waals surface area (Å²) in [5, 5.41) is 18.4. The molecule has 100 valence electrons. The second kappa shape index (κ2) is 6.10. The Morgan fingerprint density at radius 1 is 1.42 bits per heavy atom. The summed E-state index contributed by atoms with van der Waals surface area (Å²) in [5.41, 5.74) is 1.44. The summed E-state index contributed by atoms with van der Waals surface area (Å²) in [7, 11) is 0. The van der Waals surface area contributed by atoms with Gasteiger partial charge in [0.25, 0.3) is 0 Å². The predicted molar refractivity (Wildman–Crippen MR) is 71.5 cm³/mol. The van der Waals surface area contributed by atoms with E-state index in [-0.39, 0.29) is 18.9 Å². The highest BCUT2D eigenvalue weighted by Crippen LogP contribution is 2.24. The van der Waals surface area contributed by atoms with Gasteiger partial charge in [0.2, 0.25) is 5.91 Å². The van der Waals surface area contributed by atoms with Crippen molar-refractivity contribution >= 4 is 11.6 Å². The first-order valence-electron chi connectivity index (χ1n) is 6.10. The number of benzene rings is 1. The minimum absolute atomic E-state index is 0.00911. The van der Waals surface area contributed by atoms with Crippen LogP contribution in [0.5, 0.6) is 0 Å². The van der Waals surface area contributed by atoms with Crippen LogP contribution in [-0.4, -0.2) is 32.8 Å². The number of anilines is 1. The summed E-state index contributed by atoms with van der Waals surface area (Å²) >= 11 is 0. The normalized spacial score (nSPS) is 10.4. The van der Waals surface area contributed by atoms with E-state index in [1.807, 2.05) is 25.1 Å². The third-order valence-electron chi connectivity index (χ3n) is 2.60. The molecule has 6 heteroatoms. The van der Waals surface area contributed by atoms with Crippen molar-refractivity contribution in [1.29, 1.82) is 0 Å². The van der Waals surface area contributed by atoms with Gasteiger partial charge in [-0.05, 0) is 25.5 Å². The fourth-order valence-corrected chi connectivity index (χ4v) is 1.70. The van der Waals surface area contributed by atoms with E-state index < -0.39 is 0 Å². The van der Waals surface area contributed by atoms with Gasteiger partial charge in [0.15, 0.2) is 5.82 Å². The molecule has 0 saturated carbocycles. The standard InChI is InChI=1S/C13H16N4O2/c1-9-14-13(17-16-9)10-5-2-3-6-11(10)15-12(19)7-4-8-18/h2-3,5-6,18H,4,7-8H2,1H3,(H,15,19)(H,14,16,17). The van der Waals surface area contributed by atoms with Gasteiger partial charge < -0.3 is 10.4 Å². The molecule has 0 aliphatic carbocycles. The Hall–Kier alpha value is -2.21. The monoisotopic (exact) mass is 260 g/mol. The van der Waals surface area contributed by atoms with Crippen LogP contribution in [0.3, 0.4) is 0 Å². The third-order valence-corrected chi connectivity index (χ3v) is 2.60. The largest absolute Gasteiger partial charge is 0.396 e. The molecule has 0 atom stereocenters. The molecule has 2 rings (SSSR count). The van der Waals surface area contributed by atoms with Gasteiger partial charge in [0.1, 0.15) is 5.82 Å². The number of aryl methyl sites for hydroxylation is 1. The Morgan fingerprint density at radius 2 is 2.21 bits per heavy atom. The molecule has 0 radical (unpaired) electrons. The Kier molecular flexibility index (Phi) is 4.25. The zero-order chi connectivity index (χ0) is 13.7. The second-order valence-corrected chi connectivity index (χ2v) is 4.17. The number of amides is 1. The second-order valence-electron chi connectivity index (χ2n) is 4.17. The molecular formula is C13H16N4O2. The molecule has 1 aromatic heterocycles. The molecule has 1 heterocycles. The number of hydrogen-bond donors (Lipinski definition) is 3. The average molecular weight is 260 g/mol. The number of carbonyl (C=O) groups excluding carboxylic acids is 1. The number of para-hydroxylation sites is 1. The van der Waals surface area contributed by atoms with Crippen molar-refractivity contribution in [2.24, 2.45) is 0 Å². The van der Waals surface area contributed by atoms with Gasteiger partial charge in [-0.2, -0.15) is 5.10 Å². The quantitative estimate of drug-likeness (QED) is 0.759. The smallest absolute Gasteiger partial charge is 0.224 e. The average Bonchev–Trinajstić information content (AvgIpc) is 2.83. The summed E-state index contributed by atoms with van der Waals surface area (Å²) in [5.74, 6) is 1.14. The zero-order valence-corrected chi connectivity index (χ0v) is 10.7. The lowest BCUT2D eigenvalue weighted by atomic mass is 10.1. The van der Waals surface area contributed by atoms with Crippen molar-refractivity contribution < 1.29 is 9.90 Å². The first kappa shape index (κ1) is 13.2. The van der Waals surface area contributed by atoms with E-state index in [1.54, 1.807) is 6.07 Å². The number of hydrogen-bond acceptors (Lipinski definition) is 4. The van der Waals surface area contributed by atoms with Crippen LogP contribution in [0.25, 0.3) is 11.4 Å². The number of aliphatic hydroxyl groups is 1. The lowest BCUT2D eigenvalue weighted by molar-refractivity contribution is -0.116. The highest BCUT2D eigenvalue weighted by Gasteiger charge is 2.11. The predicted octanol–water partition coefficient (Wildman–Crippen LogP) is 1.49. The van der Waals surface area contributed by atoms with Crippen LogP contribution in [0.4, 0.5) is 5.69 Å². The number of H-pyrrole nitrogens is 1. The molecule has 1 amide bonds. The van der Waals surface area contributed by atoms with Gasteiger partial charge >= 0.3 is 0 Å². The van der Waals surface area contributed by atoms with Crippen LogP contribution < -0.4 is 5.32 Å². The van der Waals surface area contributed by atoms with Crippen molar-refractivity contribution in [3.05, 3.63) is 30.1 Å². The maximum absolute atomic E-state index is 11.7. The minimum atomic E-state index is -0.131. The van der Waals surface area contributed by atoms with Gasteiger partial charge in [0.05, 0.1) is 5.69 Å². The fourth-order valence-electron chi connectivity index (χ4n) is 1.70. The van der Waals surface area contributed by atoms with E-state index in [0.717, 1.165) is 11.4 Å². The van der Waals surface area contributed by atoms with Crippen LogP contribution in [0.1, 0.15) is 18.7 Å². The molecule has 0 fully saturated rings. The number of nitrogens with one attached hydrogen (secondary N) is 2. The summed E-state index contributed by atoms with van der Waals surface area (Å²) in [6, 6.07) is 7.36. The van der Waals surface area contributed by atoms with E-state index in [0.29, 0.717) is 17.9 Å². The minimum Gasteiger partial charge on any atom is -0.396 e. The number of rotatable bonds is 5. The van der Waals surface area contributed by atoms with Crippen molar-refractivity contribution in [1.82, 2.24) is 15.2 Å². The summed E-state index contributed by atoms with van der Waals surface area (Å²) in [6.07, 6.45) is 0.742. The van der Waals surface area contributed by atoms with E-state index in [4.69, 9.17) is 5.11 Å². The van der Waals surface area contributed by atoms with E-state index in [9.17, 15) is 4.79 Å². The number of carbonyl (C=O) groups is 1. The molecule has 0 bridgehead atoms. The Morgan fingerprint density at radius 3 is 2.89 bits per heavy atom. The SMILES string of the molecule is Cc1nc(-c2ccccc2NC(=O)CCCO)n[nH]1. The van der Waals surface area contributed by atoms with Crippen LogP contribution in [-0.2, 0) is 4.79 Å². The number of aromatic nitrogens is 3. The third kappa shape index (κ3) is 3.38. The molecule has 6 nitrogen and oxygen atoms in total. The van der Waals surface area contributed by atoms with Gasteiger partial charge in [-0.25, -0.2) is 4.98 Å².